The predicted octanol–water partition coefficient (Wildman–Crippen LogP) is 6.92. The highest BCUT2D eigenvalue weighted by Gasteiger charge is 2.47. The van der Waals surface area contributed by atoms with Crippen LogP contribution in [-0.2, 0) is 26.6 Å². The monoisotopic (exact) mass is 654 g/mol. The molecule has 2 aromatic carbocycles. The third-order valence-corrected chi connectivity index (χ3v) is 13.0. The van der Waals surface area contributed by atoms with E-state index < -0.39 is 21.2 Å². The van der Waals surface area contributed by atoms with E-state index in [1.165, 1.54) is 11.1 Å². The minimum atomic E-state index is -3.91. The lowest BCUT2D eigenvalue weighted by atomic mass is 9.62. The number of allylic oxidation sites excluding steroid dienone is 1. The molecule has 7 nitrogen and oxygen atoms in total. The zero-order valence-corrected chi connectivity index (χ0v) is 28.7. The summed E-state index contributed by atoms with van der Waals surface area (Å²) in [4.78, 5) is 15.9. The Balaban J connectivity index is 1.45. The number of anilines is 1. The molecule has 7 atom stereocenters. The molecule has 6 rings (SSSR count). The molecule has 0 saturated heterocycles. The van der Waals surface area contributed by atoms with E-state index in [-0.39, 0.29) is 23.5 Å². The van der Waals surface area contributed by atoms with Gasteiger partial charge in [-0.05, 0) is 118 Å². The molecule has 0 aromatic heterocycles. The highest BCUT2D eigenvalue weighted by Crippen LogP contribution is 2.49. The molecule has 9 heteroatoms. The summed E-state index contributed by atoms with van der Waals surface area (Å²) >= 11 is 6.44. The van der Waals surface area contributed by atoms with Crippen LogP contribution in [0.1, 0.15) is 81.8 Å². The van der Waals surface area contributed by atoms with Gasteiger partial charge in [-0.25, -0.2) is 13.1 Å². The number of aryl methyl sites for hydroxylation is 1. The highest BCUT2D eigenvalue weighted by atomic mass is 35.5. The Labute approximate surface area is 273 Å². The van der Waals surface area contributed by atoms with Crippen LogP contribution in [-0.4, -0.2) is 51.5 Å². The van der Waals surface area contributed by atoms with Gasteiger partial charge in [0.2, 0.25) is 10.0 Å². The molecule has 0 unspecified atom stereocenters. The smallest absolute Gasteiger partial charge is 0.264 e. The van der Waals surface area contributed by atoms with Crippen LogP contribution in [0.4, 0.5) is 5.69 Å². The molecular formula is C36H47ClN2O5S. The van der Waals surface area contributed by atoms with Crippen LogP contribution in [0.2, 0.25) is 5.02 Å². The molecule has 2 bridgehead atoms. The van der Waals surface area contributed by atoms with E-state index in [2.05, 4.69) is 54.7 Å². The summed E-state index contributed by atoms with van der Waals surface area (Å²) in [7, 11) is -3.91. The van der Waals surface area contributed by atoms with E-state index >= 15 is 0 Å². The fourth-order valence-corrected chi connectivity index (χ4v) is 9.50. The number of ether oxygens (including phenoxy) is 2. The number of benzene rings is 2. The minimum Gasteiger partial charge on any atom is -0.490 e. The van der Waals surface area contributed by atoms with Gasteiger partial charge in [0.1, 0.15) is 5.75 Å². The SMILES string of the molecule is CC(C)O[C@H]1/C=C/C[C@H](C)[C@@H](C)S(=O)(=O)NC(=O)c2ccc3c(c2)N(C[C@H]2[C@H]1C[C@H]2C)C[C@@]1(CCCc2cc(Cl)ccc21)CO3. The summed E-state index contributed by atoms with van der Waals surface area (Å²) in [5.41, 5.74) is 3.46. The number of halogens is 1. The van der Waals surface area contributed by atoms with Gasteiger partial charge < -0.3 is 14.4 Å². The number of amides is 1. The number of carbonyl (C=O) groups excluding carboxylic acids is 1. The van der Waals surface area contributed by atoms with Gasteiger partial charge >= 0.3 is 0 Å². The Kier molecular flexibility index (Phi) is 9.05. The van der Waals surface area contributed by atoms with Crippen molar-refractivity contribution in [2.75, 3.05) is 24.6 Å². The number of hydrogen-bond acceptors (Lipinski definition) is 6. The van der Waals surface area contributed by atoms with Crippen LogP contribution in [0.3, 0.4) is 0 Å². The highest BCUT2D eigenvalue weighted by molar-refractivity contribution is 7.90. The Bertz CT molecular complexity index is 1580. The average Bonchev–Trinajstić information content (AvgIpc) is 3.13. The summed E-state index contributed by atoms with van der Waals surface area (Å²) in [5, 5.41) is -0.00122. The maximum atomic E-state index is 13.5. The molecule has 1 amide bonds. The lowest BCUT2D eigenvalue weighted by Gasteiger charge is -2.50. The van der Waals surface area contributed by atoms with Crippen molar-refractivity contribution in [1.29, 1.82) is 0 Å². The standard InChI is InChI=1S/C36H47ClN2O5S/c1-22(2)44-33-10-6-8-23(3)25(5)45(41,42)38-35(40)27-11-14-34-32(18-27)39(19-30-24(4)16-29(30)33)20-36(21-43-34)15-7-9-26-17-28(37)12-13-31(26)36/h6,10-14,17-18,22-25,29-30,33H,7-9,15-16,19-21H2,1-5H3,(H,38,40)/b10-6+/t23-,24+,25+,29+,30+,33-,36-/m0/s1. The van der Waals surface area contributed by atoms with E-state index in [1.54, 1.807) is 13.0 Å². The number of nitrogens with one attached hydrogen (secondary N) is 1. The summed E-state index contributed by atoms with van der Waals surface area (Å²) < 4.78 is 42.2. The molecule has 0 radical (unpaired) electrons. The molecule has 2 heterocycles. The third-order valence-electron chi connectivity index (χ3n) is 10.9. The zero-order chi connectivity index (χ0) is 32.1. The maximum absolute atomic E-state index is 13.5. The van der Waals surface area contributed by atoms with E-state index in [9.17, 15) is 13.2 Å². The fraction of sp³-hybridized carbons (Fsp3) is 0.583. The zero-order valence-electron chi connectivity index (χ0n) is 27.1. The van der Waals surface area contributed by atoms with Crippen LogP contribution in [0.15, 0.2) is 48.6 Å². The van der Waals surface area contributed by atoms with Gasteiger partial charge in [-0.1, -0.05) is 43.7 Å². The van der Waals surface area contributed by atoms with Crippen LogP contribution in [0.25, 0.3) is 0 Å². The maximum Gasteiger partial charge on any atom is 0.264 e. The first-order valence-electron chi connectivity index (χ1n) is 16.6. The molecule has 244 valence electrons. The Morgan fingerprint density at radius 2 is 1.89 bits per heavy atom. The Morgan fingerprint density at radius 3 is 2.64 bits per heavy atom. The van der Waals surface area contributed by atoms with E-state index in [0.29, 0.717) is 42.1 Å². The lowest BCUT2D eigenvalue weighted by molar-refractivity contribution is -0.0658. The summed E-state index contributed by atoms with van der Waals surface area (Å²) in [6, 6.07) is 11.6. The second-order valence-corrected chi connectivity index (χ2v) is 16.8. The van der Waals surface area contributed by atoms with Crippen molar-refractivity contribution in [1.82, 2.24) is 4.72 Å². The molecule has 1 N–H and O–H groups in total. The normalized spacial score (nSPS) is 33.7. The Morgan fingerprint density at radius 1 is 1.09 bits per heavy atom. The van der Waals surface area contributed by atoms with E-state index in [1.807, 2.05) is 25.1 Å². The largest absolute Gasteiger partial charge is 0.490 e. The van der Waals surface area contributed by atoms with Crippen molar-refractivity contribution in [2.45, 2.75) is 89.6 Å². The van der Waals surface area contributed by atoms with Crippen LogP contribution >= 0.6 is 11.6 Å². The van der Waals surface area contributed by atoms with Crippen molar-refractivity contribution in [3.05, 3.63) is 70.3 Å². The second kappa shape index (κ2) is 12.6. The summed E-state index contributed by atoms with van der Waals surface area (Å²) in [6.45, 7) is 12.1. The molecule has 45 heavy (non-hydrogen) atoms. The summed E-state index contributed by atoms with van der Waals surface area (Å²) in [5.74, 6) is 1.13. The number of fused-ring (bicyclic) bond motifs is 4. The third kappa shape index (κ3) is 6.39. The van der Waals surface area contributed by atoms with Crippen molar-refractivity contribution in [3.63, 3.8) is 0 Å². The predicted molar refractivity (Wildman–Crippen MR) is 180 cm³/mol. The van der Waals surface area contributed by atoms with Gasteiger partial charge in [0.25, 0.3) is 5.91 Å². The first-order valence-corrected chi connectivity index (χ1v) is 18.5. The molecule has 2 aliphatic heterocycles. The fourth-order valence-electron chi connectivity index (χ4n) is 8.02. The van der Waals surface area contributed by atoms with Crippen LogP contribution < -0.4 is 14.4 Å². The topological polar surface area (TPSA) is 84.9 Å². The van der Waals surface area contributed by atoms with Crippen LogP contribution in [0.5, 0.6) is 5.75 Å². The molecule has 4 aliphatic rings. The average molecular weight is 655 g/mol. The van der Waals surface area contributed by atoms with E-state index in [0.717, 1.165) is 49.5 Å². The molecule has 1 fully saturated rings. The number of rotatable bonds is 2. The van der Waals surface area contributed by atoms with Gasteiger partial charge in [0.15, 0.2) is 0 Å². The lowest BCUT2D eigenvalue weighted by Crippen LogP contribution is -2.52. The number of carbonyl (C=O) groups is 1. The van der Waals surface area contributed by atoms with Crippen molar-refractivity contribution in [2.24, 2.45) is 23.7 Å². The van der Waals surface area contributed by atoms with Gasteiger partial charge in [0, 0.05) is 29.1 Å². The van der Waals surface area contributed by atoms with Crippen molar-refractivity contribution in [3.8, 4) is 5.75 Å². The van der Waals surface area contributed by atoms with Gasteiger partial charge in [-0.15, -0.1) is 0 Å². The van der Waals surface area contributed by atoms with Gasteiger partial charge in [-0.3, -0.25) is 4.79 Å². The molecule has 1 spiro atoms. The molecule has 2 aromatic rings. The first-order chi connectivity index (χ1) is 21.4. The van der Waals surface area contributed by atoms with Gasteiger partial charge in [-0.2, -0.15) is 0 Å². The van der Waals surface area contributed by atoms with Crippen molar-refractivity contribution < 1.29 is 22.7 Å². The first kappa shape index (κ1) is 32.4. The molecule has 2 aliphatic carbocycles. The summed E-state index contributed by atoms with van der Waals surface area (Å²) in [6.07, 6.45) is 8.91. The number of nitrogens with zero attached hydrogens (tertiary/aromatic N) is 1. The number of hydrogen-bond donors (Lipinski definition) is 1. The van der Waals surface area contributed by atoms with Crippen molar-refractivity contribution >= 4 is 33.2 Å². The quantitative estimate of drug-likeness (QED) is 0.354. The Hall–Kier alpha value is -2.55. The number of sulfonamides is 1. The molecular weight excluding hydrogens is 608 g/mol. The van der Waals surface area contributed by atoms with Crippen LogP contribution in [0, 0.1) is 23.7 Å². The van der Waals surface area contributed by atoms with Gasteiger partial charge in [0.05, 0.1) is 29.8 Å². The molecule has 1 saturated carbocycles. The minimum absolute atomic E-state index is 0.0570. The second-order valence-electron chi connectivity index (χ2n) is 14.3. The van der Waals surface area contributed by atoms with E-state index in [4.69, 9.17) is 21.1 Å².